The standard InChI is InChI=1S/C14H21N5OS/c1-14(2,3)16-8-10-12(17-13-19(10)6-7-21-13)18-5-4-15-11(20)9-18/h6-7,16H,4-5,8-9H2,1-3H3,(H,15,20). The predicted octanol–water partition coefficient (Wildman–Crippen LogP) is 1.22. The number of thiazole rings is 1. The molecule has 114 valence electrons. The van der Waals surface area contributed by atoms with E-state index in [-0.39, 0.29) is 11.4 Å². The molecule has 2 N–H and O–H groups in total. The van der Waals surface area contributed by atoms with Crippen molar-refractivity contribution in [3.63, 3.8) is 0 Å². The Balaban J connectivity index is 1.93. The van der Waals surface area contributed by atoms with E-state index >= 15 is 0 Å². The number of hydrogen-bond donors (Lipinski definition) is 2. The van der Waals surface area contributed by atoms with Gasteiger partial charge in [-0.25, -0.2) is 4.98 Å². The maximum absolute atomic E-state index is 11.6. The monoisotopic (exact) mass is 307 g/mol. The Labute approximate surface area is 128 Å². The zero-order valence-corrected chi connectivity index (χ0v) is 13.5. The first-order valence-electron chi connectivity index (χ1n) is 7.15. The van der Waals surface area contributed by atoms with Crippen LogP contribution in [0.5, 0.6) is 0 Å². The summed E-state index contributed by atoms with van der Waals surface area (Å²) in [4.78, 5) is 19.4. The first kappa shape index (κ1) is 14.3. The molecule has 3 rings (SSSR count). The summed E-state index contributed by atoms with van der Waals surface area (Å²) >= 11 is 1.62. The van der Waals surface area contributed by atoms with Crippen LogP contribution in [-0.2, 0) is 11.3 Å². The van der Waals surface area contributed by atoms with Crippen LogP contribution in [0.3, 0.4) is 0 Å². The molecule has 0 saturated carbocycles. The van der Waals surface area contributed by atoms with Gasteiger partial charge in [0.05, 0.1) is 12.2 Å². The van der Waals surface area contributed by atoms with Gasteiger partial charge in [-0.1, -0.05) is 0 Å². The topological polar surface area (TPSA) is 61.7 Å². The molecule has 0 aliphatic carbocycles. The maximum atomic E-state index is 11.6. The number of piperazine rings is 1. The van der Waals surface area contributed by atoms with Gasteiger partial charge < -0.3 is 15.5 Å². The van der Waals surface area contributed by atoms with Gasteiger partial charge >= 0.3 is 0 Å². The molecular weight excluding hydrogens is 286 g/mol. The molecule has 1 amide bonds. The number of amides is 1. The fourth-order valence-corrected chi connectivity index (χ4v) is 3.13. The van der Waals surface area contributed by atoms with Crippen LogP contribution in [0.25, 0.3) is 4.96 Å². The molecule has 2 aromatic heterocycles. The largest absolute Gasteiger partial charge is 0.353 e. The van der Waals surface area contributed by atoms with Gasteiger partial charge in [-0.3, -0.25) is 9.20 Å². The molecule has 0 bridgehead atoms. The average Bonchev–Trinajstić information content (AvgIpc) is 2.95. The molecule has 1 aliphatic rings. The smallest absolute Gasteiger partial charge is 0.239 e. The van der Waals surface area contributed by atoms with Crippen molar-refractivity contribution in [3.05, 3.63) is 17.3 Å². The van der Waals surface area contributed by atoms with Gasteiger partial charge in [-0.2, -0.15) is 0 Å². The molecular formula is C14H21N5OS. The molecule has 0 radical (unpaired) electrons. The molecule has 3 heterocycles. The van der Waals surface area contributed by atoms with Crippen LogP contribution >= 0.6 is 11.3 Å². The number of anilines is 1. The lowest BCUT2D eigenvalue weighted by molar-refractivity contribution is -0.120. The molecule has 6 nitrogen and oxygen atoms in total. The Kier molecular flexibility index (Phi) is 3.62. The van der Waals surface area contributed by atoms with Crippen molar-refractivity contribution in [3.8, 4) is 0 Å². The van der Waals surface area contributed by atoms with Crippen LogP contribution in [0.1, 0.15) is 26.5 Å². The summed E-state index contributed by atoms with van der Waals surface area (Å²) in [7, 11) is 0. The van der Waals surface area contributed by atoms with E-state index in [0.29, 0.717) is 13.1 Å². The minimum absolute atomic E-state index is 0.0384. The van der Waals surface area contributed by atoms with E-state index in [2.05, 4.69) is 40.7 Å². The lowest BCUT2D eigenvalue weighted by Gasteiger charge is -2.28. The Morgan fingerprint density at radius 3 is 3.00 bits per heavy atom. The Morgan fingerprint density at radius 1 is 1.48 bits per heavy atom. The molecule has 7 heteroatoms. The highest BCUT2D eigenvalue weighted by molar-refractivity contribution is 7.15. The van der Waals surface area contributed by atoms with Crippen molar-refractivity contribution in [2.24, 2.45) is 0 Å². The van der Waals surface area contributed by atoms with E-state index in [1.54, 1.807) is 11.3 Å². The second-order valence-electron chi connectivity index (χ2n) is 6.31. The summed E-state index contributed by atoms with van der Waals surface area (Å²) in [5.74, 6) is 0.987. The molecule has 0 atom stereocenters. The van der Waals surface area contributed by atoms with Crippen LogP contribution in [0.2, 0.25) is 0 Å². The molecule has 21 heavy (non-hydrogen) atoms. The molecule has 1 fully saturated rings. The third-order valence-corrected chi connectivity index (χ3v) is 4.22. The number of aromatic nitrogens is 2. The number of fused-ring (bicyclic) bond motifs is 1. The number of carbonyl (C=O) groups excluding carboxylic acids is 1. The second kappa shape index (κ2) is 5.31. The lowest BCUT2D eigenvalue weighted by Crippen LogP contribution is -2.48. The van der Waals surface area contributed by atoms with Crippen molar-refractivity contribution in [1.29, 1.82) is 0 Å². The zero-order valence-electron chi connectivity index (χ0n) is 12.6. The number of rotatable bonds is 3. The van der Waals surface area contributed by atoms with E-state index in [0.717, 1.165) is 29.6 Å². The van der Waals surface area contributed by atoms with E-state index in [4.69, 9.17) is 4.98 Å². The predicted molar refractivity (Wildman–Crippen MR) is 84.9 cm³/mol. The molecule has 0 unspecified atom stereocenters. The number of carbonyl (C=O) groups is 1. The number of nitrogens with one attached hydrogen (secondary N) is 2. The highest BCUT2D eigenvalue weighted by Gasteiger charge is 2.24. The first-order chi connectivity index (χ1) is 9.94. The van der Waals surface area contributed by atoms with Gasteiger partial charge in [0.1, 0.15) is 0 Å². The van der Waals surface area contributed by atoms with Crippen molar-refractivity contribution >= 4 is 28.0 Å². The van der Waals surface area contributed by atoms with E-state index in [9.17, 15) is 4.79 Å². The van der Waals surface area contributed by atoms with Crippen molar-refractivity contribution in [2.75, 3.05) is 24.5 Å². The van der Waals surface area contributed by atoms with Crippen LogP contribution in [-0.4, -0.2) is 40.5 Å². The molecule has 0 spiro atoms. The molecule has 0 aromatic carbocycles. The summed E-state index contributed by atoms with van der Waals surface area (Å²) in [5, 5.41) is 8.41. The average molecular weight is 307 g/mol. The van der Waals surface area contributed by atoms with Gasteiger partial charge in [0.2, 0.25) is 5.91 Å². The fourth-order valence-electron chi connectivity index (χ4n) is 2.41. The van der Waals surface area contributed by atoms with E-state index < -0.39 is 0 Å². The molecule has 1 saturated heterocycles. The summed E-state index contributed by atoms with van der Waals surface area (Å²) in [6, 6.07) is 0. The fraction of sp³-hybridized carbons (Fsp3) is 0.571. The first-order valence-corrected chi connectivity index (χ1v) is 8.03. The molecule has 2 aromatic rings. The molecule has 1 aliphatic heterocycles. The summed E-state index contributed by atoms with van der Waals surface area (Å²) in [6.07, 6.45) is 2.04. The quantitative estimate of drug-likeness (QED) is 0.895. The number of hydrogen-bond acceptors (Lipinski definition) is 5. The lowest BCUT2D eigenvalue weighted by atomic mass is 10.1. The minimum atomic E-state index is 0.0384. The summed E-state index contributed by atoms with van der Waals surface area (Å²) in [6.45, 7) is 9.03. The SMILES string of the molecule is CC(C)(C)NCc1c(N2CCNC(=O)C2)nc2sccn12. The minimum Gasteiger partial charge on any atom is -0.353 e. The van der Waals surface area contributed by atoms with Crippen LogP contribution < -0.4 is 15.5 Å². The van der Waals surface area contributed by atoms with Crippen molar-refractivity contribution < 1.29 is 4.79 Å². The normalized spacial score (nSPS) is 16.5. The van der Waals surface area contributed by atoms with E-state index in [1.807, 2.05) is 11.6 Å². The van der Waals surface area contributed by atoms with Crippen molar-refractivity contribution in [1.82, 2.24) is 20.0 Å². The highest BCUT2D eigenvalue weighted by atomic mass is 32.1. The second-order valence-corrected chi connectivity index (χ2v) is 7.19. The van der Waals surface area contributed by atoms with E-state index in [1.165, 1.54) is 0 Å². The zero-order chi connectivity index (χ0) is 15.0. The Morgan fingerprint density at radius 2 is 2.29 bits per heavy atom. The van der Waals surface area contributed by atoms with Crippen molar-refractivity contribution in [2.45, 2.75) is 32.9 Å². The third-order valence-electron chi connectivity index (χ3n) is 3.46. The van der Waals surface area contributed by atoms with Gasteiger partial charge in [-0.05, 0) is 20.8 Å². The van der Waals surface area contributed by atoms with Gasteiger partial charge in [-0.15, -0.1) is 11.3 Å². The highest BCUT2D eigenvalue weighted by Crippen LogP contribution is 2.25. The number of imidazole rings is 1. The van der Waals surface area contributed by atoms with Crippen LogP contribution in [0.15, 0.2) is 11.6 Å². The van der Waals surface area contributed by atoms with Crippen LogP contribution in [0.4, 0.5) is 5.82 Å². The Hall–Kier alpha value is -1.60. The van der Waals surface area contributed by atoms with Gasteiger partial charge in [0.25, 0.3) is 0 Å². The number of nitrogens with zero attached hydrogens (tertiary/aromatic N) is 3. The van der Waals surface area contributed by atoms with Gasteiger partial charge in [0, 0.05) is 36.8 Å². The maximum Gasteiger partial charge on any atom is 0.239 e. The van der Waals surface area contributed by atoms with Gasteiger partial charge in [0.15, 0.2) is 10.8 Å². The third kappa shape index (κ3) is 3.03. The van der Waals surface area contributed by atoms with Crippen LogP contribution in [0, 0.1) is 0 Å². The Bertz CT molecular complexity index is 654. The summed E-state index contributed by atoms with van der Waals surface area (Å²) in [5.41, 5.74) is 1.16. The summed E-state index contributed by atoms with van der Waals surface area (Å²) < 4.78 is 2.12.